The number of hydrogen-bond donors (Lipinski definition) is 0. The van der Waals surface area contributed by atoms with Gasteiger partial charge >= 0.3 is 0 Å². The van der Waals surface area contributed by atoms with E-state index in [0.29, 0.717) is 5.89 Å². The zero-order valence-electron chi connectivity index (χ0n) is 8.35. The maximum Gasteiger partial charge on any atom is 0.180 e. The molecule has 3 nitrogen and oxygen atoms in total. The summed E-state index contributed by atoms with van der Waals surface area (Å²) in [5.74, 6) is 0.669. The summed E-state index contributed by atoms with van der Waals surface area (Å²) in [6.45, 7) is 1.84. The van der Waals surface area contributed by atoms with E-state index in [4.69, 9.17) is 4.42 Å². The van der Waals surface area contributed by atoms with Gasteiger partial charge in [-0.3, -0.25) is 9.97 Å². The Balaban J connectivity index is 0.000000963. The van der Waals surface area contributed by atoms with E-state index in [0.717, 1.165) is 21.7 Å². The first-order valence-electron chi connectivity index (χ1n) is 4.52. The van der Waals surface area contributed by atoms with Crippen LogP contribution in [-0.4, -0.2) is 9.97 Å². The minimum atomic E-state index is 0. The monoisotopic (exact) mass is 408 g/mol. The van der Waals surface area contributed by atoms with Crippen LogP contribution in [0.4, 0.5) is 0 Å². The Kier molecular flexibility index (Phi) is 3.19. The van der Waals surface area contributed by atoms with Crippen molar-refractivity contribution in [1.82, 2.24) is 9.97 Å². The first-order valence-corrected chi connectivity index (χ1v) is 5.40. The van der Waals surface area contributed by atoms with E-state index in [1.807, 2.05) is 24.4 Å². The van der Waals surface area contributed by atoms with Gasteiger partial charge in [0, 0.05) is 49.1 Å². The van der Waals surface area contributed by atoms with Gasteiger partial charge in [-0.1, -0.05) is 11.6 Å². The molecule has 0 fully saturated rings. The smallest absolute Gasteiger partial charge is 0.180 e. The number of benzene rings is 1. The van der Waals surface area contributed by atoms with Crippen molar-refractivity contribution in [2.24, 2.45) is 0 Å². The number of thiazole rings is 1. The first-order chi connectivity index (χ1) is 7.34. The number of nitrogens with zero attached hydrogens (tertiary/aromatic N) is 2. The van der Waals surface area contributed by atoms with Crippen LogP contribution in [0.3, 0.4) is 0 Å². The molecule has 0 saturated heterocycles. The molecule has 3 rings (SSSR count). The molecule has 0 aliphatic rings. The van der Waals surface area contributed by atoms with Gasteiger partial charge in [0.05, 0.1) is 5.58 Å². The fraction of sp³-hybridized carbons (Fsp3) is 0.0909. The second-order valence-corrected chi connectivity index (χ2v) is 4.03. The SMILES string of the molecule is Cc1nc2c(-c3nccs3)[c-]ccc2o1.[Ir]. The maximum atomic E-state index is 5.45. The molecule has 0 amide bonds. The number of fused-ring (bicyclic) bond motifs is 1. The van der Waals surface area contributed by atoms with Crippen molar-refractivity contribution in [2.45, 2.75) is 6.92 Å². The summed E-state index contributed by atoms with van der Waals surface area (Å²) in [5, 5.41) is 2.86. The minimum absolute atomic E-state index is 0. The summed E-state index contributed by atoms with van der Waals surface area (Å²) in [6.07, 6.45) is 1.78. The van der Waals surface area contributed by atoms with Crippen LogP contribution in [0, 0.1) is 13.0 Å². The Morgan fingerprint density at radius 3 is 3.06 bits per heavy atom. The molecule has 83 valence electrons. The summed E-state index contributed by atoms with van der Waals surface area (Å²) >= 11 is 1.58. The topological polar surface area (TPSA) is 38.9 Å². The quantitative estimate of drug-likeness (QED) is 0.582. The Hall–Kier alpha value is -1.03. The molecule has 0 unspecified atom stereocenters. The van der Waals surface area contributed by atoms with Gasteiger partial charge in [0.2, 0.25) is 0 Å². The molecule has 0 bridgehead atoms. The van der Waals surface area contributed by atoms with Gasteiger partial charge in [0.25, 0.3) is 0 Å². The fourth-order valence-corrected chi connectivity index (χ4v) is 2.16. The number of aromatic nitrogens is 2. The van der Waals surface area contributed by atoms with Crippen LogP contribution in [0.15, 0.2) is 28.1 Å². The average Bonchev–Trinajstić information content (AvgIpc) is 2.82. The van der Waals surface area contributed by atoms with Crippen molar-refractivity contribution >= 4 is 22.4 Å². The van der Waals surface area contributed by atoms with Crippen molar-refractivity contribution < 1.29 is 24.5 Å². The summed E-state index contributed by atoms with van der Waals surface area (Å²) in [7, 11) is 0. The summed E-state index contributed by atoms with van der Waals surface area (Å²) in [6, 6.07) is 6.86. The van der Waals surface area contributed by atoms with E-state index >= 15 is 0 Å². The van der Waals surface area contributed by atoms with Gasteiger partial charge in [-0.15, -0.1) is 12.1 Å². The number of rotatable bonds is 1. The van der Waals surface area contributed by atoms with Crippen LogP contribution in [0.5, 0.6) is 0 Å². The molecule has 0 N–H and O–H groups in total. The van der Waals surface area contributed by atoms with Crippen LogP contribution < -0.4 is 0 Å². The van der Waals surface area contributed by atoms with Crippen LogP contribution in [0.25, 0.3) is 21.7 Å². The zero-order chi connectivity index (χ0) is 10.3. The Labute approximate surface area is 110 Å². The molecule has 1 radical (unpaired) electrons. The third-order valence-corrected chi connectivity index (χ3v) is 2.90. The molecule has 2 aromatic heterocycles. The Morgan fingerprint density at radius 2 is 2.31 bits per heavy atom. The maximum absolute atomic E-state index is 5.45. The molecule has 0 aliphatic heterocycles. The van der Waals surface area contributed by atoms with Gasteiger partial charge in [-0.25, -0.2) is 0 Å². The Bertz CT molecular complexity index is 604. The van der Waals surface area contributed by atoms with Gasteiger partial charge < -0.3 is 4.42 Å². The predicted molar refractivity (Wildman–Crippen MR) is 58.7 cm³/mol. The van der Waals surface area contributed by atoms with E-state index in [1.165, 1.54) is 0 Å². The standard InChI is InChI=1S/C11H7N2OS.Ir/c1-7-13-10-8(11-12-5-6-15-11)3-2-4-9(10)14-7;/h2,4-6H,1H3;/q-1;. The molecule has 0 spiro atoms. The minimum Gasteiger partial charge on any atom is -0.461 e. The zero-order valence-corrected chi connectivity index (χ0v) is 11.6. The predicted octanol–water partition coefficient (Wildman–Crippen LogP) is 3.06. The van der Waals surface area contributed by atoms with Crippen molar-refractivity contribution in [1.29, 1.82) is 0 Å². The molecule has 3 aromatic rings. The molecule has 16 heavy (non-hydrogen) atoms. The van der Waals surface area contributed by atoms with E-state index in [9.17, 15) is 0 Å². The molecule has 0 aliphatic carbocycles. The van der Waals surface area contributed by atoms with Gasteiger partial charge in [0.15, 0.2) is 5.89 Å². The molecule has 0 saturated carbocycles. The van der Waals surface area contributed by atoms with Gasteiger partial charge in [-0.2, -0.15) is 11.3 Å². The Morgan fingerprint density at radius 1 is 1.44 bits per heavy atom. The fourth-order valence-electron chi connectivity index (χ4n) is 1.51. The number of aryl methyl sites for hydroxylation is 1. The summed E-state index contributed by atoms with van der Waals surface area (Å²) < 4.78 is 5.45. The van der Waals surface area contributed by atoms with E-state index in [-0.39, 0.29) is 20.1 Å². The third kappa shape index (κ3) is 1.82. The van der Waals surface area contributed by atoms with Crippen molar-refractivity contribution in [3.63, 3.8) is 0 Å². The molecular formula is C11H7IrN2OS-. The molecule has 2 heterocycles. The summed E-state index contributed by atoms with van der Waals surface area (Å²) in [4.78, 5) is 8.59. The van der Waals surface area contributed by atoms with Crippen LogP contribution in [0.1, 0.15) is 5.89 Å². The van der Waals surface area contributed by atoms with Crippen molar-refractivity contribution in [3.8, 4) is 10.6 Å². The van der Waals surface area contributed by atoms with Crippen LogP contribution >= 0.6 is 11.3 Å². The van der Waals surface area contributed by atoms with Gasteiger partial charge in [0.1, 0.15) is 0 Å². The number of oxazole rings is 1. The second-order valence-electron chi connectivity index (χ2n) is 3.14. The van der Waals surface area contributed by atoms with Crippen LogP contribution in [0.2, 0.25) is 0 Å². The molecule has 5 heteroatoms. The third-order valence-electron chi connectivity index (χ3n) is 2.11. The molecule has 1 aromatic carbocycles. The van der Waals surface area contributed by atoms with E-state index in [1.54, 1.807) is 17.5 Å². The van der Waals surface area contributed by atoms with Crippen molar-refractivity contribution in [3.05, 3.63) is 35.7 Å². The van der Waals surface area contributed by atoms with E-state index < -0.39 is 0 Å². The molecular weight excluding hydrogens is 400 g/mol. The van der Waals surface area contributed by atoms with Crippen molar-refractivity contribution in [2.75, 3.05) is 0 Å². The molecule has 0 atom stereocenters. The van der Waals surface area contributed by atoms with E-state index in [2.05, 4.69) is 16.0 Å². The van der Waals surface area contributed by atoms with Gasteiger partial charge in [-0.05, 0) is 0 Å². The summed E-state index contributed by atoms with van der Waals surface area (Å²) in [5.41, 5.74) is 2.54. The number of hydrogen-bond acceptors (Lipinski definition) is 4. The van der Waals surface area contributed by atoms with Crippen LogP contribution in [-0.2, 0) is 20.1 Å². The second kappa shape index (κ2) is 4.45. The largest absolute Gasteiger partial charge is 0.461 e. The first kappa shape index (κ1) is 11.5. The normalized spacial score (nSPS) is 10.3. The average molecular weight is 407 g/mol.